The number of aliphatic hydroxyl groups is 1. The summed E-state index contributed by atoms with van der Waals surface area (Å²) in [5.41, 5.74) is 0. The number of nitrogens with one attached hydrogen (secondary N) is 2. The number of hydrogen-bond acceptors (Lipinski definition) is 3. The second-order valence-corrected chi connectivity index (χ2v) is 6.00. The van der Waals surface area contributed by atoms with Gasteiger partial charge in [0, 0.05) is 13.0 Å². The number of piperidine rings is 1. The highest BCUT2D eigenvalue weighted by atomic mass is 16.3. The SMILES string of the molecule is CC(CC(=O)NCC(O)C1CC1)C1CCCNC1. The molecule has 0 bridgehead atoms. The highest BCUT2D eigenvalue weighted by Gasteiger charge is 2.30. The molecule has 3 atom stereocenters. The van der Waals surface area contributed by atoms with E-state index in [4.69, 9.17) is 0 Å². The maximum absolute atomic E-state index is 11.8. The Balaban J connectivity index is 1.62. The van der Waals surface area contributed by atoms with Gasteiger partial charge >= 0.3 is 0 Å². The first-order valence-electron chi connectivity index (χ1n) is 7.32. The molecule has 4 heteroatoms. The van der Waals surface area contributed by atoms with Gasteiger partial charge in [0.05, 0.1) is 6.10 Å². The van der Waals surface area contributed by atoms with Gasteiger partial charge in [0.2, 0.25) is 5.91 Å². The third kappa shape index (κ3) is 4.25. The zero-order chi connectivity index (χ0) is 13.0. The molecule has 3 N–H and O–H groups in total. The average molecular weight is 254 g/mol. The second kappa shape index (κ2) is 6.53. The largest absolute Gasteiger partial charge is 0.391 e. The Labute approximate surface area is 110 Å². The fourth-order valence-electron chi connectivity index (χ4n) is 2.76. The van der Waals surface area contributed by atoms with Gasteiger partial charge in [0.1, 0.15) is 0 Å². The quantitative estimate of drug-likeness (QED) is 0.660. The molecule has 0 aromatic heterocycles. The molecule has 1 saturated heterocycles. The first kappa shape index (κ1) is 13.8. The Hall–Kier alpha value is -0.610. The molecule has 18 heavy (non-hydrogen) atoms. The van der Waals surface area contributed by atoms with Crippen LogP contribution >= 0.6 is 0 Å². The van der Waals surface area contributed by atoms with Crippen molar-refractivity contribution < 1.29 is 9.90 Å². The summed E-state index contributed by atoms with van der Waals surface area (Å²) in [5.74, 6) is 1.58. The van der Waals surface area contributed by atoms with E-state index in [0.717, 1.165) is 25.9 Å². The van der Waals surface area contributed by atoms with Crippen molar-refractivity contribution in [1.82, 2.24) is 10.6 Å². The highest BCUT2D eigenvalue weighted by Crippen LogP contribution is 2.32. The molecule has 2 rings (SSSR count). The second-order valence-electron chi connectivity index (χ2n) is 6.00. The third-order valence-electron chi connectivity index (χ3n) is 4.32. The Bertz CT molecular complexity index is 273. The maximum atomic E-state index is 11.8. The normalized spacial score (nSPS) is 27.6. The van der Waals surface area contributed by atoms with Gasteiger partial charge in [-0.3, -0.25) is 4.79 Å². The van der Waals surface area contributed by atoms with Crippen LogP contribution in [-0.2, 0) is 4.79 Å². The molecule has 1 heterocycles. The van der Waals surface area contributed by atoms with Gasteiger partial charge in [-0.15, -0.1) is 0 Å². The van der Waals surface area contributed by atoms with Crippen molar-refractivity contribution in [1.29, 1.82) is 0 Å². The van der Waals surface area contributed by atoms with Crippen molar-refractivity contribution in [3.63, 3.8) is 0 Å². The lowest BCUT2D eigenvalue weighted by molar-refractivity contribution is -0.122. The van der Waals surface area contributed by atoms with Crippen LogP contribution in [0.5, 0.6) is 0 Å². The highest BCUT2D eigenvalue weighted by molar-refractivity contribution is 5.76. The van der Waals surface area contributed by atoms with Crippen LogP contribution in [0.1, 0.15) is 39.0 Å². The number of hydrogen-bond donors (Lipinski definition) is 3. The zero-order valence-electron chi connectivity index (χ0n) is 11.3. The molecule has 1 aliphatic heterocycles. The van der Waals surface area contributed by atoms with Crippen LogP contribution in [0, 0.1) is 17.8 Å². The van der Waals surface area contributed by atoms with Gasteiger partial charge in [-0.25, -0.2) is 0 Å². The Morgan fingerprint density at radius 3 is 2.78 bits per heavy atom. The van der Waals surface area contributed by atoms with E-state index in [0.29, 0.717) is 30.7 Å². The van der Waals surface area contributed by atoms with Crippen LogP contribution in [0.3, 0.4) is 0 Å². The van der Waals surface area contributed by atoms with E-state index in [1.807, 2.05) is 0 Å². The van der Waals surface area contributed by atoms with Gasteiger partial charge < -0.3 is 15.7 Å². The summed E-state index contributed by atoms with van der Waals surface area (Å²) in [6, 6.07) is 0. The number of amides is 1. The Kier molecular flexibility index (Phi) is 5.01. The molecule has 1 amide bonds. The average Bonchev–Trinajstić information content (AvgIpc) is 3.21. The van der Waals surface area contributed by atoms with Crippen molar-refractivity contribution in [2.75, 3.05) is 19.6 Å². The molecule has 0 radical (unpaired) electrons. The van der Waals surface area contributed by atoms with Gasteiger partial charge in [0.25, 0.3) is 0 Å². The monoisotopic (exact) mass is 254 g/mol. The molecule has 4 nitrogen and oxygen atoms in total. The van der Waals surface area contributed by atoms with E-state index >= 15 is 0 Å². The summed E-state index contributed by atoms with van der Waals surface area (Å²) in [5, 5.41) is 16.0. The molecule has 0 aromatic rings. The van der Waals surface area contributed by atoms with E-state index < -0.39 is 0 Å². The molecule has 104 valence electrons. The topological polar surface area (TPSA) is 61.4 Å². The lowest BCUT2D eigenvalue weighted by Crippen LogP contribution is -2.37. The molecule has 3 unspecified atom stereocenters. The van der Waals surface area contributed by atoms with Crippen molar-refractivity contribution >= 4 is 5.91 Å². The summed E-state index contributed by atoms with van der Waals surface area (Å²) >= 11 is 0. The molecular weight excluding hydrogens is 228 g/mol. The standard InChI is InChI=1S/C14H26N2O2/c1-10(12-3-2-6-15-8-12)7-14(18)16-9-13(17)11-4-5-11/h10-13,15,17H,2-9H2,1H3,(H,16,18). The third-order valence-corrected chi connectivity index (χ3v) is 4.32. The number of carbonyl (C=O) groups is 1. The van der Waals surface area contributed by atoms with Gasteiger partial charge in [-0.05, 0) is 56.5 Å². The van der Waals surface area contributed by atoms with Crippen LogP contribution in [0.4, 0.5) is 0 Å². The van der Waals surface area contributed by atoms with Gasteiger partial charge in [-0.1, -0.05) is 6.92 Å². The van der Waals surface area contributed by atoms with E-state index in [-0.39, 0.29) is 12.0 Å². The molecule has 0 aromatic carbocycles. The fourth-order valence-corrected chi connectivity index (χ4v) is 2.76. The predicted octanol–water partition coefficient (Wildman–Crippen LogP) is 0.899. The molecule has 0 spiro atoms. The smallest absolute Gasteiger partial charge is 0.220 e. The zero-order valence-corrected chi connectivity index (χ0v) is 11.3. The van der Waals surface area contributed by atoms with Crippen LogP contribution in [0.15, 0.2) is 0 Å². The summed E-state index contributed by atoms with van der Waals surface area (Å²) < 4.78 is 0. The molecule has 1 aliphatic carbocycles. The minimum atomic E-state index is -0.333. The maximum Gasteiger partial charge on any atom is 0.220 e. The van der Waals surface area contributed by atoms with E-state index in [9.17, 15) is 9.90 Å². The van der Waals surface area contributed by atoms with Crippen molar-refractivity contribution in [2.24, 2.45) is 17.8 Å². The van der Waals surface area contributed by atoms with Crippen LogP contribution in [0.25, 0.3) is 0 Å². The predicted molar refractivity (Wildman–Crippen MR) is 71.1 cm³/mol. The van der Waals surface area contributed by atoms with Crippen LogP contribution < -0.4 is 10.6 Å². The molecular formula is C14H26N2O2. The van der Waals surface area contributed by atoms with Crippen LogP contribution in [-0.4, -0.2) is 36.8 Å². The minimum absolute atomic E-state index is 0.0905. The lowest BCUT2D eigenvalue weighted by Gasteiger charge is -2.28. The number of carbonyl (C=O) groups excluding carboxylic acids is 1. The molecule has 2 aliphatic rings. The van der Waals surface area contributed by atoms with Crippen LogP contribution in [0.2, 0.25) is 0 Å². The Morgan fingerprint density at radius 1 is 1.39 bits per heavy atom. The summed E-state index contributed by atoms with van der Waals surface area (Å²) in [6.45, 7) is 4.75. The van der Waals surface area contributed by atoms with Gasteiger partial charge in [-0.2, -0.15) is 0 Å². The summed E-state index contributed by atoms with van der Waals surface area (Å²) in [7, 11) is 0. The van der Waals surface area contributed by atoms with E-state index in [1.54, 1.807) is 0 Å². The van der Waals surface area contributed by atoms with Crippen molar-refractivity contribution in [2.45, 2.75) is 45.1 Å². The minimum Gasteiger partial charge on any atom is -0.391 e. The van der Waals surface area contributed by atoms with Gasteiger partial charge in [0.15, 0.2) is 0 Å². The number of aliphatic hydroxyl groups excluding tert-OH is 1. The van der Waals surface area contributed by atoms with E-state index in [2.05, 4.69) is 17.6 Å². The van der Waals surface area contributed by atoms with Crippen molar-refractivity contribution in [3.8, 4) is 0 Å². The molecule has 2 fully saturated rings. The molecule has 1 saturated carbocycles. The van der Waals surface area contributed by atoms with E-state index in [1.165, 1.54) is 12.8 Å². The first-order valence-corrected chi connectivity index (χ1v) is 7.32. The lowest BCUT2D eigenvalue weighted by atomic mass is 9.85. The Morgan fingerprint density at radius 2 is 2.17 bits per heavy atom. The van der Waals surface area contributed by atoms with Crippen molar-refractivity contribution in [3.05, 3.63) is 0 Å². The number of rotatable bonds is 6. The first-order chi connectivity index (χ1) is 8.66. The summed E-state index contributed by atoms with van der Waals surface area (Å²) in [6.07, 6.45) is 4.93. The summed E-state index contributed by atoms with van der Waals surface area (Å²) in [4.78, 5) is 11.8. The fraction of sp³-hybridized carbons (Fsp3) is 0.929.